The zero-order valence-corrected chi connectivity index (χ0v) is 16.7. The molecule has 0 saturated heterocycles. The predicted molar refractivity (Wildman–Crippen MR) is 121 cm³/mol. The van der Waals surface area contributed by atoms with Crippen LogP contribution in [0.5, 0.6) is 0 Å². The number of nitrogens with one attached hydrogen (secondary N) is 3. The second-order valence-electron chi connectivity index (χ2n) is 7.00. The highest BCUT2D eigenvalue weighted by molar-refractivity contribution is 6.30. The largest absolute Gasteiger partial charge is 0.367 e. The highest BCUT2D eigenvalue weighted by Crippen LogP contribution is 2.35. The Kier molecular flexibility index (Phi) is 4.20. The number of nitrogens with zero attached hydrogens (tertiary/aromatic N) is 2. The highest BCUT2D eigenvalue weighted by atomic mass is 35.5. The highest BCUT2D eigenvalue weighted by Gasteiger charge is 2.23. The molecule has 0 spiro atoms. The molecule has 0 aliphatic carbocycles. The maximum absolute atomic E-state index is 12.5. The molecule has 6 nitrogen and oxygen atoms in total. The third kappa shape index (κ3) is 3.57. The molecule has 3 heterocycles. The number of urea groups is 1. The van der Waals surface area contributed by atoms with Crippen molar-refractivity contribution < 1.29 is 7.54 Å². The zero-order chi connectivity index (χ0) is 22.3. The molecular formula is C23H20ClN5O. The van der Waals surface area contributed by atoms with Gasteiger partial charge in [0.2, 0.25) is 0 Å². The number of aromatic amines is 1. The Balaban J connectivity index is 1.42. The minimum absolute atomic E-state index is 0.384. The van der Waals surface area contributed by atoms with Crippen LogP contribution in [0.4, 0.5) is 21.9 Å². The molecule has 0 bridgehead atoms. The van der Waals surface area contributed by atoms with E-state index in [1.165, 1.54) is 0 Å². The van der Waals surface area contributed by atoms with E-state index in [9.17, 15) is 4.79 Å². The Morgan fingerprint density at radius 3 is 3.00 bits per heavy atom. The lowest BCUT2D eigenvalue weighted by atomic mass is 10.1. The van der Waals surface area contributed by atoms with Gasteiger partial charge < -0.3 is 20.5 Å². The molecule has 1 aliphatic rings. The van der Waals surface area contributed by atoms with Crippen molar-refractivity contribution >= 4 is 45.7 Å². The van der Waals surface area contributed by atoms with Crippen molar-refractivity contribution in [3.63, 3.8) is 0 Å². The fraction of sp³-hybridized carbons (Fsp3) is 0.130. The van der Waals surface area contributed by atoms with E-state index in [4.69, 9.17) is 14.3 Å². The monoisotopic (exact) mass is 419 g/mol. The van der Waals surface area contributed by atoms with E-state index in [0.717, 1.165) is 16.6 Å². The normalized spacial score (nSPS) is 14.2. The molecule has 0 fully saturated rings. The summed E-state index contributed by atoms with van der Waals surface area (Å²) in [4.78, 5) is 21.6. The third-order valence-electron chi connectivity index (χ3n) is 5.07. The molecule has 150 valence electrons. The van der Waals surface area contributed by atoms with Crippen LogP contribution in [-0.2, 0) is 12.9 Å². The van der Waals surface area contributed by atoms with Crippen LogP contribution in [0.1, 0.15) is 13.9 Å². The van der Waals surface area contributed by atoms with Crippen molar-refractivity contribution in [1.82, 2.24) is 9.97 Å². The van der Waals surface area contributed by atoms with E-state index >= 15 is 0 Å². The van der Waals surface area contributed by atoms with Crippen molar-refractivity contribution in [1.29, 1.82) is 0 Å². The number of amides is 2. The fourth-order valence-electron chi connectivity index (χ4n) is 3.72. The summed E-state index contributed by atoms with van der Waals surface area (Å²) in [5.74, 6) is 0. The summed E-state index contributed by atoms with van der Waals surface area (Å²) in [6.07, 6.45) is 3.99. The number of pyridine rings is 1. The number of rotatable bonds is 4. The van der Waals surface area contributed by atoms with E-state index in [2.05, 4.69) is 20.6 Å². The smallest absolute Gasteiger partial charge is 0.323 e. The van der Waals surface area contributed by atoms with Gasteiger partial charge in [-0.1, -0.05) is 23.7 Å². The topological polar surface area (TPSA) is 73.0 Å². The standard InChI is InChI=1S/C23H20ClN5O/c24-16-3-1-4-17(13-16)27-23(30)28-20-5-2-6-21-19(20)9-12-29(21)14-15-7-10-25-22-18(15)8-11-26-22/h1-8,10-11,13H,9,12,14H2,(H,25,26)(H2,27,28,30)/i14D2. The van der Waals surface area contributed by atoms with Crippen LogP contribution >= 0.6 is 11.6 Å². The predicted octanol–water partition coefficient (Wildman–Crippen LogP) is 5.42. The number of anilines is 3. The van der Waals surface area contributed by atoms with Gasteiger partial charge in [0.05, 0.1) is 2.74 Å². The summed E-state index contributed by atoms with van der Waals surface area (Å²) in [7, 11) is 0. The molecule has 3 N–H and O–H groups in total. The number of hydrogen-bond donors (Lipinski definition) is 3. The number of aromatic nitrogens is 2. The third-order valence-corrected chi connectivity index (χ3v) is 5.31. The van der Waals surface area contributed by atoms with E-state index in [0.29, 0.717) is 40.6 Å². The van der Waals surface area contributed by atoms with Gasteiger partial charge in [0, 0.05) is 58.5 Å². The first-order chi connectivity index (χ1) is 15.4. The molecule has 2 amide bonds. The second kappa shape index (κ2) is 7.72. The Morgan fingerprint density at radius 1 is 1.20 bits per heavy atom. The van der Waals surface area contributed by atoms with Gasteiger partial charge in [0.15, 0.2) is 0 Å². The molecule has 0 unspecified atom stereocenters. The van der Waals surface area contributed by atoms with Crippen LogP contribution in [0.15, 0.2) is 67.0 Å². The van der Waals surface area contributed by atoms with E-state index in [-0.39, 0.29) is 6.03 Å². The molecule has 7 heteroatoms. The molecule has 0 radical (unpaired) electrons. The molecule has 4 aromatic rings. The van der Waals surface area contributed by atoms with Crippen molar-refractivity contribution in [2.75, 3.05) is 22.1 Å². The van der Waals surface area contributed by atoms with Crippen LogP contribution < -0.4 is 15.5 Å². The average Bonchev–Trinajstić information content (AvgIpc) is 3.41. The number of fused-ring (bicyclic) bond motifs is 2. The summed E-state index contributed by atoms with van der Waals surface area (Å²) in [6, 6.07) is 15.6. The van der Waals surface area contributed by atoms with Gasteiger partial charge in [0.25, 0.3) is 0 Å². The molecular weight excluding hydrogens is 398 g/mol. The first-order valence-electron chi connectivity index (χ1n) is 10.6. The number of halogens is 1. The number of carbonyl (C=O) groups is 1. The Bertz CT molecular complexity index is 1320. The van der Waals surface area contributed by atoms with Gasteiger partial charge in [-0.05, 0) is 54.4 Å². The van der Waals surface area contributed by atoms with Crippen molar-refractivity contribution in [3.8, 4) is 0 Å². The first kappa shape index (κ1) is 16.3. The van der Waals surface area contributed by atoms with Gasteiger partial charge >= 0.3 is 6.03 Å². The minimum Gasteiger partial charge on any atom is -0.367 e. The molecule has 30 heavy (non-hydrogen) atoms. The van der Waals surface area contributed by atoms with Gasteiger partial charge in [-0.15, -0.1) is 0 Å². The van der Waals surface area contributed by atoms with E-state index < -0.39 is 6.50 Å². The summed E-state index contributed by atoms with van der Waals surface area (Å²) in [5.41, 5.74) is 4.11. The van der Waals surface area contributed by atoms with E-state index in [1.54, 1.807) is 47.6 Å². The molecule has 2 aromatic carbocycles. The lowest BCUT2D eigenvalue weighted by Gasteiger charge is -2.20. The van der Waals surface area contributed by atoms with Crippen molar-refractivity contribution in [2.45, 2.75) is 12.9 Å². The number of carbonyl (C=O) groups excluding carboxylic acids is 1. The maximum atomic E-state index is 12.5. The van der Waals surface area contributed by atoms with Crippen molar-refractivity contribution in [3.05, 3.63) is 83.1 Å². The van der Waals surface area contributed by atoms with Crippen LogP contribution in [0.25, 0.3) is 11.0 Å². The summed E-state index contributed by atoms with van der Waals surface area (Å²) >= 11 is 5.98. The lowest BCUT2D eigenvalue weighted by molar-refractivity contribution is 0.262. The molecule has 1 aliphatic heterocycles. The minimum atomic E-state index is -1.75. The first-order valence-corrected chi connectivity index (χ1v) is 9.97. The zero-order valence-electron chi connectivity index (χ0n) is 17.9. The summed E-state index contributed by atoms with van der Waals surface area (Å²) in [6.45, 7) is -1.26. The number of H-pyrrole nitrogens is 1. The number of benzene rings is 2. The van der Waals surface area contributed by atoms with Gasteiger partial charge in [0.1, 0.15) is 5.65 Å². The summed E-state index contributed by atoms with van der Waals surface area (Å²) in [5, 5.41) is 6.95. The molecule has 0 saturated carbocycles. The van der Waals surface area contributed by atoms with Crippen LogP contribution in [0, 0.1) is 0 Å². The van der Waals surface area contributed by atoms with Gasteiger partial charge in [-0.25, -0.2) is 9.78 Å². The van der Waals surface area contributed by atoms with E-state index in [1.807, 2.05) is 24.3 Å². The second-order valence-corrected chi connectivity index (χ2v) is 7.44. The Labute approximate surface area is 181 Å². The van der Waals surface area contributed by atoms with Gasteiger partial charge in [-0.3, -0.25) is 0 Å². The van der Waals surface area contributed by atoms with Crippen LogP contribution in [0.3, 0.4) is 0 Å². The van der Waals surface area contributed by atoms with Crippen LogP contribution in [0.2, 0.25) is 5.02 Å². The van der Waals surface area contributed by atoms with Gasteiger partial charge in [-0.2, -0.15) is 0 Å². The number of hydrogen-bond acceptors (Lipinski definition) is 3. The fourth-order valence-corrected chi connectivity index (χ4v) is 3.91. The van der Waals surface area contributed by atoms with Crippen molar-refractivity contribution in [2.24, 2.45) is 0 Å². The Morgan fingerprint density at radius 2 is 2.10 bits per heavy atom. The SMILES string of the molecule is [2H]C([2H])(c1ccnc2[nH]ccc12)N1CCc2c(NC(=O)Nc3cccc(Cl)c3)cccc21. The molecule has 5 rings (SSSR count). The lowest BCUT2D eigenvalue weighted by Crippen LogP contribution is -2.20. The Hall–Kier alpha value is -3.51. The van der Waals surface area contributed by atoms with Crippen LogP contribution in [-0.4, -0.2) is 22.5 Å². The summed E-state index contributed by atoms with van der Waals surface area (Å²) < 4.78 is 17.9. The maximum Gasteiger partial charge on any atom is 0.323 e. The average molecular weight is 420 g/mol. The molecule has 2 aromatic heterocycles. The molecule has 0 atom stereocenters. The quantitative estimate of drug-likeness (QED) is 0.413.